The highest BCUT2D eigenvalue weighted by Crippen LogP contribution is 2.28. The van der Waals surface area contributed by atoms with Crippen molar-refractivity contribution in [3.63, 3.8) is 0 Å². The molecule has 19 heavy (non-hydrogen) atoms. The molecule has 1 atom stereocenters. The Kier molecular flexibility index (Phi) is 4.83. The minimum atomic E-state index is -0.0812. The van der Waals surface area contributed by atoms with Gasteiger partial charge in [-0.2, -0.15) is 0 Å². The second-order valence-corrected chi connectivity index (χ2v) is 6.70. The number of Topliss-reactive ketones (excluding diaryl/α,β-unsaturated/α-hetero) is 1. The lowest BCUT2D eigenvalue weighted by molar-refractivity contribution is 0.0994. The smallest absolute Gasteiger partial charge is 0.175 e. The lowest BCUT2D eigenvalue weighted by atomic mass is 10.1. The van der Waals surface area contributed by atoms with Gasteiger partial charge in [0.05, 0.1) is 5.25 Å². The molecule has 0 aliphatic carbocycles. The summed E-state index contributed by atoms with van der Waals surface area (Å²) in [4.78, 5) is 13.5. The molecule has 0 spiro atoms. The van der Waals surface area contributed by atoms with Gasteiger partial charge in [-0.1, -0.05) is 46.3 Å². The maximum Gasteiger partial charge on any atom is 0.175 e. The zero-order valence-corrected chi connectivity index (χ0v) is 13.3. The first-order valence-corrected chi connectivity index (χ1v) is 7.77. The third kappa shape index (κ3) is 3.71. The van der Waals surface area contributed by atoms with Gasteiger partial charge in [-0.05, 0) is 37.6 Å². The number of carbonyl (C=O) groups excluding carboxylic acids is 1. The first-order valence-electron chi connectivity index (χ1n) is 6.10. The fraction of sp³-hybridized carbons (Fsp3) is 0.188. The van der Waals surface area contributed by atoms with Crippen molar-refractivity contribution in [1.82, 2.24) is 0 Å². The van der Waals surface area contributed by atoms with E-state index in [2.05, 4.69) is 35.0 Å². The predicted octanol–water partition coefficient (Wildman–Crippen LogP) is 5.12. The number of benzene rings is 2. The van der Waals surface area contributed by atoms with Crippen molar-refractivity contribution in [2.24, 2.45) is 0 Å². The van der Waals surface area contributed by atoms with Gasteiger partial charge in [-0.15, -0.1) is 11.8 Å². The van der Waals surface area contributed by atoms with E-state index in [9.17, 15) is 4.79 Å². The number of halogens is 1. The first kappa shape index (κ1) is 14.4. The summed E-state index contributed by atoms with van der Waals surface area (Å²) in [5.74, 6) is 0.167. The van der Waals surface area contributed by atoms with E-state index in [1.54, 1.807) is 11.8 Å². The van der Waals surface area contributed by atoms with Crippen molar-refractivity contribution in [1.29, 1.82) is 0 Å². The topological polar surface area (TPSA) is 17.1 Å². The summed E-state index contributed by atoms with van der Waals surface area (Å²) in [6.07, 6.45) is 0. The van der Waals surface area contributed by atoms with E-state index < -0.39 is 0 Å². The Labute approximate surface area is 126 Å². The molecule has 3 heteroatoms. The Morgan fingerprint density at radius 1 is 1.11 bits per heavy atom. The summed E-state index contributed by atoms with van der Waals surface area (Å²) in [6, 6.07) is 15.7. The molecule has 0 saturated carbocycles. The zero-order valence-electron chi connectivity index (χ0n) is 10.9. The maximum atomic E-state index is 12.3. The SMILES string of the molecule is Cc1ccccc1SC(C)C(=O)c1ccc(Br)cc1. The Morgan fingerprint density at radius 2 is 1.74 bits per heavy atom. The Balaban J connectivity index is 2.12. The van der Waals surface area contributed by atoms with E-state index in [-0.39, 0.29) is 11.0 Å². The van der Waals surface area contributed by atoms with Gasteiger partial charge in [-0.25, -0.2) is 0 Å². The highest BCUT2D eigenvalue weighted by Gasteiger charge is 2.16. The van der Waals surface area contributed by atoms with Crippen molar-refractivity contribution in [3.8, 4) is 0 Å². The predicted molar refractivity (Wildman–Crippen MR) is 85.0 cm³/mol. The van der Waals surface area contributed by atoms with Gasteiger partial charge in [0, 0.05) is 14.9 Å². The van der Waals surface area contributed by atoms with Crippen LogP contribution in [-0.2, 0) is 0 Å². The molecule has 1 nitrogen and oxygen atoms in total. The molecule has 0 saturated heterocycles. The van der Waals surface area contributed by atoms with E-state index in [1.807, 2.05) is 43.3 Å². The number of hydrogen-bond donors (Lipinski definition) is 0. The molecule has 2 rings (SSSR count). The molecule has 0 heterocycles. The van der Waals surface area contributed by atoms with Gasteiger partial charge >= 0.3 is 0 Å². The average molecular weight is 335 g/mol. The highest BCUT2D eigenvalue weighted by molar-refractivity contribution is 9.10. The molecular formula is C16H15BrOS. The van der Waals surface area contributed by atoms with Crippen LogP contribution in [0.3, 0.4) is 0 Å². The summed E-state index contributed by atoms with van der Waals surface area (Å²) in [6.45, 7) is 4.03. The quantitative estimate of drug-likeness (QED) is 0.570. The normalized spacial score (nSPS) is 12.2. The van der Waals surface area contributed by atoms with Crippen LogP contribution in [0.4, 0.5) is 0 Å². The first-order chi connectivity index (χ1) is 9.08. The van der Waals surface area contributed by atoms with Gasteiger partial charge < -0.3 is 0 Å². The van der Waals surface area contributed by atoms with Crippen molar-refractivity contribution in [2.45, 2.75) is 24.0 Å². The number of ketones is 1. The van der Waals surface area contributed by atoms with Crippen molar-refractivity contribution < 1.29 is 4.79 Å². The maximum absolute atomic E-state index is 12.3. The van der Waals surface area contributed by atoms with E-state index in [0.29, 0.717) is 0 Å². The van der Waals surface area contributed by atoms with Gasteiger partial charge in [0.25, 0.3) is 0 Å². The molecule has 2 aromatic rings. The van der Waals surface area contributed by atoms with Crippen molar-refractivity contribution in [2.75, 3.05) is 0 Å². The number of thioether (sulfide) groups is 1. The summed E-state index contributed by atoms with van der Waals surface area (Å²) >= 11 is 4.99. The molecule has 0 aliphatic heterocycles. The molecule has 2 aromatic carbocycles. The lowest BCUT2D eigenvalue weighted by Crippen LogP contribution is -2.13. The monoisotopic (exact) mass is 334 g/mol. The third-order valence-corrected chi connectivity index (χ3v) is 4.70. The van der Waals surface area contributed by atoms with Gasteiger partial charge in [0.2, 0.25) is 0 Å². The van der Waals surface area contributed by atoms with Crippen molar-refractivity contribution >= 4 is 33.5 Å². The summed E-state index contributed by atoms with van der Waals surface area (Å²) in [7, 11) is 0. The van der Waals surface area contributed by atoms with Gasteiger partial charge in [0.1, 0.15) is 0 Å². The summed E-state index contributed by atoms with van der Waals surface area (Å²) in [5.41, 5.74) is 1.97. The van der Waals surface area contributed by atoms with Gasteiger partial charge in [-0.3, -0.25) is 4.79 Å². The van der Waals surface area contributed by atoms with E-state index >= 15 is 0 Å². The molecule has 0 aliphatic rings. The minimum Gasteiger partial charge on any atom is -0.293 e. The van der Waals surface area contributed by atoms with Crippen LogP contribution in [-0.4, -0.2) is 11.0 Å². The number of aryl methyl sites for hydroxylation is 1. The fourth-order valence-electron chi connectivity index (χ4n) is 1.78. The molecule has 0 aromatic heterocycles. The zero-order chi connectivity index (χ0) is 13.8. The molecule has 0 N–H and O–H groups in total. The summed E-state index contributed by atoms with van der Waals surface area (Å²) in [5, 5.41) is -0.0812. The molecular weight excluding hydrogens is 320 g/mol. The fourth-order valence-corrected chi connectivity index (χ4v) is 3.08. The summed E-state index contributed by atoms with van der Waals surface area (Å²) < 4.78 is 0.989. The van der Waals surface area contributed by atoms with Crippen LogP contribution < -0.4 is 0 Å². The highest BCUT2D eigenvalue weighted by atomic mass is 79.9. The number of hydrogen-bond acceptors (Lipinski definition) is 2. The van der Waals surface area contributed by atoms with Crippen LogP contribution in [0.1, 0.15) is 22.8 Å². The van der Waals surface area contributed by atoms with Crippen LogP contribution in [0, 0.1) is 6.92 Å². The van der Waals surface area contributed by atoms with Crippen LogP contribution in [0.25, 0.3) is 0 Å². The largest absolute Gasteiger partial charge is 0.293 e. The molecule has 1 unspecified atom stereocenters. The standard InChI is InChI=1S/C16H15BrOS/c1-11-5-3-4-6-15(11)19-12(2)16(18)13-7-9-14(17)10-8-13/h3-10,12H,1-2H3. The van der Waals surface area contributed by atoms with Crippen molar-refractivity contribution in [3.05, 3.63) is 64.1 Å². The molecule has 0 amide bonds. The second kappa shape index (κ2) is 6.40. The number of rotatable bonds is 4. The van der Waals surface area contributed by atoms with Crippen LogP contribution in [0.5, 0.6) is 0 Å². The molecule has 0 radical (unpaired) electrons. The molecule has 98 valence electrons. The van der Waals surface area contributed by atoms with Crippen LogP contribution >= 0.6 is 27.7 Å². The second-order valence-electron chi connectivity index (χ2n) is 4.40. The lowest BCUT2D eigenvalue weighted by Gasteiger charge is -2.12. The third-order valence-electron chi connectivity index (χ3n) is 2.90. The number of carbonyl (C=O) groups is 1. The Hall–Kier alpha value is -1.06. The minimum absolute atomic E-state index is 0.0812. The van der Waals surface area contributed by atoms with E-state index in [4.69, 9.17) is 0 Å². The average Bonchev–Trinajstić information content (AvgIpc) is 2.41. The van der Waals surface area contributed by atoms with E-state index in [1.165, 1.54) is 10.5 Å². The van der Waals surface area contributed by atoms with E-state index in [0.717, 1.165) is 10.0 Å². The molecule has 0 fully saturated rings. The Morgan fingerprint density at radius 3 is 2.37 bits per heavy atom. The van der Waals surface area contributed by atoms with Crippen LogP contribution in [0.15, 0.2) is 57.9 Å². The van der Waals surface area contributed by atoms with Crippen LogP contribution in [0.2, 0.25) is 0 Å². The Bertz CT molecular complexity index is 578. The molecule has 0 bridgehead atoms. The van der Waals surface area contributed by atoms with Gasteiger partial charge in [0.15, 0.2) is 5.78 Å².